The first-order valence-electron chi connectivity index (χ1n) is 6.55. The second-order valence-electron chi connectivity index (χ2n) is 4.71. The molecule has 0 radical (unpaired) electrons. The molecule has 2 aromatic carbocycles. The second kappa shape index (κ2) is 5.32. The Kier molecular flexibility index (Phi) is 3.36. The summed E-state index contributed by atoms with van der Waals surface area (Å²) >= 11 is 0. The molecule has 0 aliphatic heterocycles. The van der Waals surface area contributed by atoms with Crippen molar-refractivity contribution in [2.75, 3.05) is 0 Å². The summed E-state index contributed by atoms with van der Waals surface area (Å²) in [7, 11) is 1.66. The number of hydrogen-bond donors (Lipinski definition) is 0. The van der Waals surface area contributed by atoms with Gasteiger partial charge in [0.1, 0.15) is 11.6 Å². The molecule has 0 aliphatic carbocycles. The van der Waals surface area contributed by atoms with E-state index in [-0.39, 0.29) is 11.4 Å². The molecule has 0 unspecified atom stereocenters. The predicted octanol–water partition coefficient (Wildman–Crippen LogP) is 3.24. The van der Waals surface area contributed by atoms with E-state index in [4.69, 9.17) is 0 Å². The number of rotatable bonds is 2. The van der Waals surface area contributed by atoms with E-state index in [1.807, 2.05) is 6.07 Å². The van der Waals surface area contributed by atoms with Gasteiger partial charge in [0.05, 0.1) is 10.9 Å². The highest BCUT2D eigenvalue weighted by atomic mass is 19.1. The zero-order valence-corrected chi connectivity index (χ0v) is 11.5. The van der Waals surface area contributed by atoms with E-state index in [9.17, 15) is 9.18 Å². The van der Waals surface area contributed by atoms with Crippen LogP contribution in [0.3, 0.4) is 0 Å². The van der Waals surface area contributed by atoms with E-state index in [0.717, 1.165) is 0 Å². The van der Waals surface area contributed by atoms with E-state index >= 15 is 0 Å². The summed E-state index contributed by atoms with van der Waals surface area (Å²) in [5.74, 6) is 0.182. The Morgan fingerprint density at radius 2 is 1.76 bits per heavy atom. The first-order chi connectivity index (χ1) is 10.2. The molecule has 0 amide bonds. The van der Waals surface area contributed by atoms with Gasteiger partial charge in [0.15, 0.2) is 0 Å². The standard InChI is InChI=1S/C17H13FN2O/c1-20-16(11-10-12-6-2-4-8-14(12)18)19-15-9-5-3-7-13(15)17(20)21/h2-11H,1H3. The average Bonchev–Trinajstić information content (AvgIpc) is 2.51. The molecule has 1 aromatic heterocycles. The largest absolute Gasteiger partial charge is 0.296 e. The Morgan fingerprint density at radius 3 is 2.57 bits per heavy atom. The number of benzene rings is 2. The van der Waals surface area contributed by atoms with Gasteiger partial charge in [0, 0.05) is 12.6 Å². The van der Waals surface area contributed by atoms with Gasteiger partial charge in [-0.15, -0.1) is 0 Å². The van der Waals surface area contributed by atoms with Gasteiger partial charge in [-0.25, -0.2) is 9.37 Å². The summed E-state index contributed by atoms with van der Waals surface area (Å²) in [5.41, 5.74) is 0.975. The van der Waals surface area contributed by atoms with Gasteiger partial charge in [-0.1, -0.05) is 30.3 Å². The third-order valence-corrected chi connectivity index (χ3v) is 3.33. The molecule has 0 aliphatic rings. The van der Waals surface area contributed by atoms with Crippen molar-refractivity contribution in [1.82, 2.24) is 9.55 Å². The Bertz CT molecular complexity index is 897. The fourth-order valence-electron chi connectivity index (χ4n) is 2.16. The third-order valence-electron chi connectivity index (χ3n) is 3.33. The van der Waals surface area contributed by atoms with Gasteiger partial charge in [0.25, 0.3) is 5.56 Å². The lowest BCUT2D eigenvalue weighted by Crippen LogP contribution is -2.20. The summed E-state index contributed by atoms with van der Waals surface area (Å²) in [4.78, 5) is 16.7. The minimum absolute atomic E-state index is 0.117. The molecule has 0 N–H and O–H groups in total. The van der Waals surface area contributed by atoms with Crippen LogP contribution in [0.15, 0.2) is 53.3 Å². The molecule has 104 valence electrons. The van der Waals surface area contributed by atoms with Crippen molar-refractivity contribution in [1.29, 1.82) is 0 Å². The predicted molar refractivity (Wildman–Crippen MR) is 82.3 cm³/mol. The summed E-state index contributed by atoms with van der Waals surface area (Å²) in [6, 6.07) is 13.6. The van der Waals surface area contributed by atoms with Crippen molar-refractivity contribution in [3.8, 4) is 0 Å². The number of hydrogen-bond acceptors (Lipinski definition) is 2. The molecular weight excluding hydrogens is 267 g/mol. The van der Waals surface area contributed by atoms with Gasteiger partial charge in [-0.2, -0.15) is 0 Å². The van der Waals surface area contributed by atoms with Crippen molar-refractivity contribution >= 4 is 23.1 Å². The fraction of sp³-hybridized carbons (Fsp3) is 0.0588. The smallest absolute Gasteiger partial charge is 0.261 e. The molecule has 3 rings (SSSR count). The van der Waals surface area contributed by atoms with Crippen molar-refractivity contribution in [3.05, 3.63) is 76.1 Å². The van der Waals surface area contributed by atoms with Crippen molar-refractivity contribution < 1.29 is 4.39 Å². The molecule has 0 saturated carbocycles. The van der Waals surface area contributed by atoms with Gasteiger partial charge >= 0.3 is 0 Å². The molecule has 3 nitrogen and oxygen atoms in total. The summed E-state index contributed by atoms with van der Waals surface area (Å²) in [6.07, 6.45) is 3.26. The van der Waals surface area contributed by atoms with Crippen LogP contribution >= 0.6 is 0 Å². The Morgan fingerprint density at radius 1 is 1.05 bits per heavy atom. The molecule has 1 heterocycles. The van der Waals surface area contributed by atoms with Crippen LogP contribution in [0.5, 0.6) is 0 Å². The third kappa shape index (κ3) is 2.48. The zero-order valence-electron chi connectivity index (χ0n) is 11.5. The summed E-state index contributed by atoms with van der Waals surface area (Å²) in [6.45, 7) is 0. The van der Waals surface area contributed by atoms with E-state index in [1.165, 1.54) is 10.6 Å². The van der Waals surface area contributed by atoms with Crippen LogP contribution in [0.2, 0.25) is 0 Å². The molecule has 4 heteroatoms. The summed E-state index contributed by atoms with van der Waals surface area (Å²) in [5, 5.41) is 0.572. The normalized spacial score (nSPS) is 11.3. The molecule has 0 spiro atoms. The lowest BCUT2D eigenvalue weighted by Gasteiger charge is -2.05. The van der Waals surface area contributed by atoms with E-state index < -0.39 is 0 Å². The molecular formula is C17H13FN2O. The molecule has 0 saturated heterocycles. The van der Waals surface area contributed by atoms with Crippen LogP contribution in [0.25, 0.3) is 23.1 Å². The highest BCUT2D eigenvalue weighted by Crippen LogP contribution is 2.12. The zero-order chi connectivity index (χ0) is 14.8. The number of para-hydroxylation sites is 1. The molecule has 0 bridgehead atoms. The van der Waals surface area contributed by atoms with Crippen LogP contribution in [0.4, 0.5) is 4.39 Å². The number of fused-ring (bicyclic) bond motifs is 1. The maximum atomic E-state index is 13.6. The highest BCUT2D eigenvalue weighted by molar-refractivity contribution is 5.79. The maximum absolute atomic E-state index is 13.6. The molecule has 0 atom stereocenters. The number of halogens is 1. The van der Waals surface area contributed by atoms with E-state index in [2.05, 4.69) is 4.98 Å². The molecule has 3 aromatic rings. The van der Waals surface area contributed by atoms with Crippen LogP contribution in [-0.4, -0.2) is 9.55 Å². The minimum Gasteiger partial charge on any atom is -0.296 e. The molecule has 21 heavy (non-hydrogen) atoms. The highest BCUT2D eigenvalue weighted by Gasteiger charge is 2.05. The van der Waals surface area contributed by atoms with Gasteiger partial charge in [-0.05, 0) is 30.4 Å². The van der Waals surface area contributed by atoms with Crippen LogP contribution < -0.4 is 5.56 Å². The van der Waals surface area contributed by atoms with Crippen molar-refractivity contribution in [2.45, 2.75) is 0 Å². The Balaban J connectivity index is 2.11. The maximum Gasteiger partial charge on any atom is 0.261 e. The van der Waals surface area contributed by atoms with E-state index in [1.54, 1.807) is 55.6 Å². The Hall–Kier alpha value is -2.75. The fourth-order valence-corrected chi connectivity index (χ4v) is 2.16. The van der Waals surface area contributed by atoms with Crippen molar-refractivity contribution in [2.24, 2.45) is 7.05 Å². The lowest BCUT2D eigenvalue weighted by molar-refractivity contribution is 0.625. The first-order valence-corrected chi connectivity index (χ1v) is 6.55. The summed E-state index contributed by atoms with van der Waals surface area (Å²) < 4.78 is 15.0. The monoisotopic (exact) mass is 280 g/mol. The average molecular weight is 280 g/mol. The minimum atomic E-state index is -0.306. The number of nitrogens with zero attached hydrogens (tertiary/aromatic N) is 2. The van der Waals surface area contributed by atoms with E-state index in [0.29, 0.717) is 22.3 Å². The van der Waals surface area contributed by atoms with Gasteiger partial charge in [-0.3, -0.25) is 9.36 Å². The topological polar surface area (TPSA) is 34.9 Å². The van der Waals surface area contributed by atoms with Crippen LogP contribution in [0.1, 0.15) is 11.4 Å². The van der Waals surface area contributed by atoms with Gasteiger partial charge in [0.2, 0.25) is 0 Å². The lowest BCUT2D eigenvalue weighted by atomic mass is 10.2. The quantitative estimate of drug-likeness (QED) is 0.722. The Labute approximate surface area is 121 Å². The van der Waals surface area contributed by atoms with Crippen molar-refractivity contribution in [3.63, 3.8) is 0 Å². The molecule has 0 fully saturated rings. The van der Waals surface area contributed by atoms with Crippen LogP contribution in [0, 0.1) is 5.82 Å². The SMILES string of the molecule is Cn1c(C=Cc2ccccc2F)nc2ccccc2c1=O. The van der Waals surface area contributed by atoms with Crippen LogP contribution in [-0.2, 0) is 7.05 Å². The second-order valence-corrected chi connectivity index (χ2v) is 4.71. The van der Waals surface area contributed by atoms with Gasteiger partial charge < -0.3 is 0 Å². The first kappa shape index (κ1) is 13.2. The number of aromatic nitrogens is 2.